The van der Waals surface area contributed by atoms with Gasteiger partial charge in [0.15, 0.2) is 0 Å². The summed E-state index contributed by atoms with van der Waals surface area (Å²) in [5.74, 6) is 0.672. The Morgan fingerprint density at radius 2 is 2.38 bits per heavy atom. The normalized spacial score (nSPS) is 23.3. The minimum absolute atomic E-state index is 0.0146. The summed E-state index contributed by atoms with van der Waals surface area (Å²) in [6.07, 6.45) is 1.58. The van der Waals surface area contributed by atoms with Crippen molar-refractivity contribution in [2.75, 3.05) is 13.2 Å². The summed E-state index contributed by atoms with van der Waals surface area (Å²) < 4.78 is 5.54. The molecule has 1 amide bonds. The van der Waals surface area contributed by atoms with E-state index in [0.717, 1.165) is 13.0 Å². The number of hydrogen-bond acceptors (Lipinski definition) is 3. The molecule has 0 aliphatic carbocycles. The molecule has 4 nitrogen and oxygen atoms in total. The first kappa shape index (κ1) is 10.5. The number of carbonyl (C=O) groups excluding carboxylic acids is 1. The fourth-order valence-corrected chi connectivity index (χ4v) is 1.18. The third kappa shape index (κ3) is 4.24. The minimum Gasteiger partial charge on any atom is -0.376 e. The van der Waals surface area contributed by atoms with E-state index in [-0.39, 0.29) is 12.0 Å². The van der Waals surface area contributed by atoms with Crippen LogP contribution in [0, 0.1) is 5.92 Å². The summed E-state index contributed by atoms with van der Waals surface area (Å²) in [4.78, 5) is 10.9. The predicted octanol–water partition coefficient (Wildman–Crippen LogP) is 0.442. The molecule has 0 radical (unpaired) electrons. The van der Waals surface area contributed by atoms with Gasteiger partial charge in [-0.25, -0.2) is 5.43 Å². The highest BCUT2D eigenvalue weighted by Gasteiger charge is 2.18. The van der Waals surface area contributed by atoms with Gasteiger partial charge in [-0.2, -0.15) is 0 Å². The van der Waals surface area contributed by atoms with Gasteiger partial charge in [-0.05, 0) is 12.3 Å². The van der Waals surface area contributed by atoms with Crippen LogP contribution in [0.5, 0.6) is 0 Å². The molecule has 1 atom stereocenters. The topological polar surface area (TPSA) is 50.4 Å². The molecule has 0 aromatic heterocycles. The summed E-state index contributed by atoms with van der Waals surface area (Å²) in [5, 5.41) is 0. The van der Waals surface area contributed by atoms with Crippen LogP contribution < -0.4 is 10.9 Å². The number of ether oxygens (including phenoxy) is 1. The molecule has 1 heterocycles. The van der Waals surface area contributed by atoms with E-state index in [1.165, 1.54) is 0 Å². The number of carbonyl (C=O) groups is 1. The van der Waals surface area contributed by atoms with E-state index < -0.39 is 0 Å². The van der Waals surface area contributed by atoms with Gasteiger partial charge in [-0.1, -0.05) is 13.8 Å². The summed E-state index contributed by atoms with van der Waals surface area (Å²) >= 11 is 0. The lowest BCUT2D eigenvalue weighted by Gasteiger charge is -2.23. The number of hydrazine groups is 1. The lowest BCUT2D eigenvalue weighted by Crippen LogP contribution is -2.50. The lowest BCUT2D eigenvalue weighted by atomic mass is 10.1. The molecular weight excluding hydrogens is 168 g/mol. The van der Waals surface area contributed by atoms with Crippen LogP contribution in [0.15, 0.2) is 0 Å². The van der Waals surface area contributed by atoms with Crippen LogP contribution in [0.1, 0.15) is 26.7 Å². The van der Waals surface area contributed by atoms with Gasteiger partial charge in [0.1, 0.15) is 0 Å². The van der Waals surface area contributed by atoms with Gasteiger partial charge < -0.3 is 4.74 Å². The maximum absolute atomic E-state index is 10.9. The Hall–Kier alpha value is -0.610. The van der Waals surface area contributed by atoms with Gasteiger partial charge >= 0.3 is 0 Å². The smallest absolute Gasteiger partial charge is 0.236 e. The predicted molar refractivity (Wildman–Crippen MR) is 50.0 cm³/mol. The molecule has 1 aliphatic heterocycles. The van der Waals surface area contributed by atoms with Gasteiger partial charge in [0, 0.05) is 13.2 Å². The van der Waals surface area contributed by atoms with Crippen LogP contribution in [0.25, 0.3) is 0 Å². The Labute approximate surface area is 79.0 Å². The molecule has 13 heavy (non-hydrogen) atoms. The molecule has 0 spiro atoms. The second kappa shape index (κ2) is 5.19. The van der Waals surface area contributed by atoms with Crippen LogP contribution in [-0.4, -0.2) is 25.2 Å². The fraction of sp³-hybridized carbons (Fsp3) is 0.889. The molecule has 0 aromatic rings. The van der Waals surface area contributed by atoms with E-state index in [9.17, 15) is 4.79 Å². The quantitative estimate of drug-likeness (QED) is 0.670. The largest absolute Gasteiger partial charge is 0.376 e. The first-order valence-electron chi connectivity index (χ1n) is 4.82. The molecule has 1 aliphatic rings. The van der Waals surface area contributed by atoms with Crippen LogP contribution in [0.4, 0.5) is 0 Å². The van der Waals surface area contributed by atoms with Crippen molar-refractivity contribution in [3.63, 3.8) is 0 Å². The zero-order chi connectivity index (χ0) is 9.68. The molecule has 0 bridgehead atoms. The molecule has 2 N–H and O–H groups in total. The Bertz CT molecular complexity index is 171. The van der Waals surface area contributed by atoms with Crippen LogP contribution in [-0.2, 0) is 9.53 Å². The van der Waals surface area contributed by atoms with Crippen molar-refractivity contribution in [2.24, 2.45) is 5.92 Å². The highest BCUT2D eigenvalue weighted by atomic mass is 16.5. The molecule has 1 unspecified atom stereocenters. The van der Waals surface area contributed by atoms with Crippen molar-refractivity contribution in [3.05, 3.63) is 0 Å². The van der Waals surface area contributed by atoms with E-state index in [2.05, 4.69) is 24.7 Å². The average Bonchev–Trinajstić information content (AvgIpc) is 2.03. The second-order valence-corrected chi connectivity index (χ2v) is 3.81. The maximum Gasteiger partial charge on any atom is 0.236 e. The summed E-state index contributed by atoms with van der Waals surface area (Å²) in [5.41, 5.74) is 5.34. The summed E-state index contributed by atoms with van der Waals surface area (Å²) in [6, 6.07) is 0. The minimum atomic E-state index is 0.0146. The van der Waals surface area contributed by atoms with E-state index in [1.54, 1.807) is 0 Å². The van der Waals surface area contributed by atoms with Crippen LogP contribution >= 0.6 is 0 Å². The van der Waals surface area contributed by atoms with Crippen LogP contribution in [0.2, 0.25) is 0 Å². The highest BCUT2D eigenvalue weighted by molar-refractivity contribution is 5.76. The maximum atomic E-state index is 10.9. The second-order valence-electron chi connectivity index (χ2n) is 3.81. The standard InChI is InChI=1S/C9H18N2O2/c1-7(2)3-4-13-8-5-9(12)11-10-6-8/h7-8,10H,3-6H2,1-2H3,(H,11,12). The highest BCUT2D eigenvalue weighted by Crippen LogP contribution is 2.05. The molecule has 1 saturated heterocycles. The summed E-state index contributed by atoms with van der Waals surface area (Å²) in [7, 11) is 0. The van der Waals surface area contributed by atoms with Crippen molar-refractivity contribution < 1.29 is 9.53 Å². The molecule has 1 fully saturated rings. The first-order chi connectivity index (χ1) is 6.18. The Kier molecular flexibility index (Phi) is 4.18. The van der Waals surface area contributed by atoms with Crippen molar-refractivity contribution in [3.8, 4) is 0 Å². The van der Waals surface area contributed by atoms with Gasteiger partial charge in [0.05, 0.1) is 12.5 Å². The monoisotopic (exact) mass is 186 g/mol. The van der Waals surface area contributed by atoms with Crippen molar-refractivity contribution in [1.82, 2.24) is 10.9 Å². The third-order valence-electron chi connectivity index (χ3n) is 2.02. The molecule has 4 heteroatoms. The zero-order valence-corrected chi connectivity index (χ0v) is 8.30. The number of nitrogens with one attached hydrogen (secondary N) is 2. The number of hydrogen-bond donors (Lipinski definition) is 2. The lowest BCUT2D eigenvalue weighted by molar-refractivity contribution is -0.128. The third-order valence-corrected chi connectivity index (χ3v) is 2.02. The zero-order valence-electron chi connectivity index (χ0n) is 8.30. The molecule has 0 saturated carbocycles. The Morgan fingerprint density at radius 1 is 1.62 bits per heavy atom. The molecule has 1 rings (SSSR count). The summed E-state index contributed by atoms with van der Waals surface area (Å²) in [6.45, 7) is 5.78. The van der Waals surface area contributed by atoms with Crippen LogP contribution in [0.3, 0.4) is 0 Å². The first-order valence-corrected chi connectivity index (χ1v) is 4.82. The molecule has 0 aromatic carbocycles. The van der Waals surface area contributed by atoms with Gasteiger partial charge in [-0.15, -0.1) is 0 Å². The molecule has 76 valence electrons. The van der Waals surface area contributed by atoms with Gasteiger partial charge in [0.25, 0.3) is 0 Å². The Morgan fingerprint density at radius 3 is 3.00 bits per heavy atom. The van der Waals surface area contributed by atoms with E-state index in [4.69, 9.17) is 4.74 Å². The SMILES string of the molecule is CC(C)CCOC1CNNC(=O)C1. The van der Waals surface area contributed by atoms with Crippen molar-refractivity contribution >= 4 is 5.91 Å². The van der Waals surface area contributed by atoms with E-state index >= 15 is 0 Å². The van der Waals surface area contributed by atoms with E-state index in [0.29, 0.717) is 18.9 Å². The van der Waals surface area contributed by atoms with Gasteiger partial charge in [0.2, 0.25) is 5.91 Å². The number of amides is 1. The molecular formula is C9H18N2O2. The Balaban J connectivity index is 2.10. The fourth-order valence-electron chi connectivity index (χ4n) is 1.18. The van der Waals surface area contributed by atoms with Gasteiger partial charge in [-0.3, -0.25) is 10.2 Å². The van der Waals surface area contributed by atoms with Crippen molar-refractivity contribution in [1.29, 1.82) is 0 Å². The number of rotatable bonds is 4. The van der Waals surface area contributed by atoms with E-state index in [1.807, 2.05) is 0 Å². The van der Waals surface area contributed by atoms with Crippen molar-refractivity contribution in [2.45, 2.75) is 32.8 Å². The average molecular weight is 186 g/mol.